The molecule has 0 saturated carbocycles. The molecule has 21 heavy (non-hydrogen) atoms. The van der Waals surface area contributed by atoms with Gasteiger partial charge in [-0.15, -0.1) is 0 Å². The minimum atomic E-state index is 0.414. The van der Waals surface area contributed by atoms with Gasteiger partial charge in [0.15, 0.2) is 0 Å². The Balaban J connectivity index is 1.86. The van der Waals surface area contributed by atoms with Crippen LogP contribution in [-0.2, 0) is 11.3 Å². The lowest BCUT2D eigenvalue weighted by atomic mass is 10.1. The number of hydrogen-bond donors (Lipinski definition) is 1. The van der Waals surface area contributed by atoms with Crippen molar-refractivity contribution in [3.63, 3.8) is 0 Å². The van der Waals surface area contributed by atoms with Gasteiger partial charge in [-0.2, -0.15) is 0 Å². The summed E-state index contributed by atoms with van der Waals surface area (Å²) in [4.78, 5) is 2.42. The molecule has 1 fully saturated rings. The monoisotopic (exact) mass is 290 g/mol. The van der Waals surface area contributed by atoms with Crippen LogP contribution in [0.3, 0.4) is 0 Å². The van der Waals surface area contributed by atoms with Gasteiger partial charge in [0.25, 0.3) is 0 Å². The molecule has 1 aliphatic rings. The Kier molecular flexibility index (Phi) is 6.52. The number of nitrogens with one attached hydrogen (secondary N) is 1. The molecular formula is C18H30N2O. The first kappa shape index (κ1) is 16.3. The third kappa shape index (κ3) is 5.33. The Bertz CT molecular complexity index is 396. The van der Waals surface area contributed by atoms with Crippen molar-refractivity contribution < 1.29 is 4.74 Å². The molecule has 0 radical (unpaired) electrons. The van der Waals surface area contributed by atoms with Crippen LogP contribution in [-0.4, -0.2) is 32.3 Å². The summed E-state index contributed by atoms with van der Waals surface area (Å²) < 4.78 is 5.75. The molecule has 0 spiro atoms. The maximum atomic E-state index is 5.75. The van der Waals surface area contributed by atoms with Crippen molar-refractivity contribution >= 4 is 5.69 Å². The summed E-state index contributed by atoms with van der Waals surface area (Å²) in [5, 5.41) is 3.49. The van der Waals surface area contributed by atoms with Crippen LogP contribution in [0.5, 0.6) is 0 Å². The van der Waals surface area contributed by atoms with Crippen LogP contribution in [0.4, 0.5) is 5.69 Å². The van der Waals surface area contributed by atoms with Gasteiger partial charge in [0, 0.05) is 31.9 Å². The van der Waals surface area contributed by atoms with E-state index in [9.17, 15) is 0 Å². The van der Waals surface area contributed by atoms with Crippen LogP contribution >= 0.6 is 0 Å². The highest BCUT2D eigenvalue weighted by molar-refractivity contribution is 5.47. The molecule has 0 aromatic heterocycles. The second kappa shape index (κ2) is 8.40. The smallest absolute Gasteiger partial charge is 0.0750 e. The van der Waals surface area contributed by atoms with Gasteiger partial charge in [0.05, 0.1) is 6.10 Å². The first-order valence-corrected chi connectivity index (χ1v) is 8.35. The van der Waals surface area contributed by atoms with Gasteiger partial charge in [0.2, 0.25) is 0 Å². The molecular weight excluding hydrogens is 260 g/mol. The maximum Gasteiger partial charge on any atom is 0.0750 e. The van der Waals surface area contributed by atoms with Crippen LogP contribution in [0.2, 0.25) is 0 Å². The predicted molar refractivity (Wildman–Crippen MR) is 89.8 cm³/mol. The van der Waals surface area contributed by atoms with Crippen molar-refractivity contribution in [2.75, 3.05) is 31.1 Å². The Morgan fingerprint density at radius 2 is 2.05 bits per heavy atom. The second-order valence-electron chi connectivity index (χ2n) is 6.36. The van der Waals surface area contributed by atoms with Gasteiger partial charge in [-0.25, -0.2) is 0 Å². The van der Waals surface area contributed by atoms with E-state index in [4.69, 9.17) is 4.74 Å². The average molecular weight is 290 g/mol. The first-order valence-electron chi connectivity index (χ1n) is 8.35. The Morgan fingerprint density at radius 1 is 1.29 bits per heavy atom. The minimum Gasteiger partial charge on any atom is -0.376 e. The summed E-state index contributed by atoms with van der Waals surface area (Å²) >= 11 is 0. The molecule has 1 heterocycles. The molecule has 1 N–H and O–H groups in total. The van der Waals surface area contributed by atoms with Gasteiger partial charge in [-0.05, 0) is 49.9 Å². The van der Waals surface area contributed by atoms with E-state index in [2.05, 4.69) is 55.3 Å². The molecule has 0 amide bonds. The van der Waals surface area contributed by atoms with E-state index >= 15 is 0 Å². The van der Waals surface area contributed by atoms with E-state index in [1.54, 1.807) is 0 Å². The number of likely N-dealkylation sites (N-methyl/N-ethyl adjacent to an activating group) is 1. The van der Waals surface area contributed by atoms with Crippen LogP contribution < -0.4 is 10.2 Å². The average Bonchev–Trinajstić information content (AvgIpc) is 2.98. The van der Waals surface area contributed by atoms with E-state index in [0.717, 1.165) is 32.8 Å². The predicted octanol–water partition coefficient (Wildman–Crippen LogP) is 3.44. The molecule has 1 saturated heterocycles. The van der Waals surface area contributed by atoms with Gasteiger partial charge >= 0.3 is 0 Å². The van der Waals surface area contributed by atoms with Crippen molar-refractivity contribution in [3.8, 4) is 0 Å². The van der Waals surface area contributed by atoms with Gasteiger partial charge in [0.1, 0.15) is 0 Å². The number of hydrogen-bond acceptors (Lipinski definition) is 3. The fourth-order valence-electron chi connectivity index (χ4n) is 2.78. The molecule has 3 heteroatoms. The molecule has 1 aromatic rings. The first-order chi connectivity index (χ1) is 10.2. The molecule has 1 aromatic carbocycles. The van der Waals surface area contributed by atoms with Crippen molar-refractivity contribution in [1.29, 1.82) is 0 Å². The van der Waals surface area contributed by atoms with Gasteiger partial charge in [-0.3, -0.25) is 0 Å². The second-order valence-corrected chi connectivity index (χ2v) is 6.36. The van der Waals surface area contributed by atoms with E-state index in [-0.39, 0.29) is 0 Å². The topological polar surface area (TPSA) is 24.5 Å². The van der Waals surface area contributed by atoms with Crippen LogP contribution in [0, 0.1) is 5.92 Å². The molecule has 0 bridgehead atoms. The quantitative estimate of drug-likeness (QED) is 0.794. The van der Waals surface area contributed by atoms with Crippen molar-refractivity contribution in [1.82, 2.24) is 5.32 Å². The molecule has 0 aliphatic carbocycles. The number of ether oxygens (including phenoxy) is 1. The molecule has 1 unspecified atom stereocenters. The third-order valence-corrected chi connectivity index (χ3v) is 4.01. The zero-order chi connectivity index (χ0) is 15.1. The zero-order valence-electron chi connectivity index (χ0n) is 13.8. The summed E-state index contributed by atoms with van der Waals surface area (Å²) in [6.45, 7) is 11.7. The Labute approximate surface area is 129 Å². The van der Waals surface area contributed by atoms with Crippen LogP contribution in [0.1, 0.15) is 39.2 Å². The lowest BCUT2D eigenvalue weighted by molar-refractivity contribution is 0.115. The maximum absolute atomic E-state index is 5.75. The third-order valence-electron chi connectivity index (χ3n) is 4.01. The largest absolute Gasteiger partial charge is 0.376 e. The van der Waals surface area contributed by atoms with E-state index < -0.39 is 0 Å². The molecule has 1 atom stereocenters. The minimum absolute atomic E-state index is 0.414. The van der Waals surface area contributed by atoms with E-state index in [0.29, 0.717) is 12.0 Å². The Hall–Kier alpha value is -1.06. The summed E-state index contributed by atoms with van der Waals surface area (Å²) in [6.07, 6.45) is 2.83. The molecule has 3 nitrogen and oxygen atoms in total. The highest BCUT2D eigenvalue weighted by Gasteiger charge is 2.18. The highest BCUT2D eigenvalue weighted by atomic mass is 16.5. The van der Waals surface area contributed by atoms with Crippen molar-refractivity contribution in [2.45, 2.75) is 46.3 Å². The number of nitrogens with zero attached hydrogens (tertiary/aromatic N) is 1. The highest BCUT2D eigenvalue weighted by Crippen LogP contribution is 2.19. The molecule has 118 valence electrons. The fraction of sp³-hybridized carbons (Fsp3) is 0.667. The number of benzene rings is 1. The standard InChI is InChI=1S/C18H30N2O/c1-4-20(14-18-6-5-11-21-18)17-9-7-16(8-10-17)13-19-12-15(2)3/h7-10,15,18-19H,4-6,11-14H2,1-3H3. The van der Waals surface area contributed by atoms with Crippen molar-refractivity contribution in [3.05, 3.63) is 29.8 Å². The normalized spacial score (nSPS) is 18.4. The summed E-state index contributed by atoms with van der Waals surface area (Å²) in [5.41, 5.74) is 2.66. The number of rotatable bonds is 8. The van der Waals surface area contributed by atoms with Gasteiger partial charge in [-0.1, -0.05) is 26.0 Å². The molecule has 1 aliphatic heterocycles. The summed E-state index contributed by atoms with van der Waals surface area (Å²) in [6, 6.07) is 8.96. The SMILES string of the molecule is CCN(CC1CCCO1)c1ccc(CNCC(C)C)cc1. The number of anilines is 1. The lowest BCUT2D eigenvalue weighted by Gasteiger charge is -2.26. The molecule has 2 rings (SSSR count). The van der Waals surface area contributed by atoms with Crippen LogP contribution in [0.25, 0.3) is 0 Å². The Morgan fingerprint density at radius 3 is 2.62 bits per heavy atom. The summed E-state index contributed by atoms with van der Waals surface area (Å²) in [7, 11) is 0. The van der Waals surface area contributed by atoms with Gasteiger partial charge < -0.3 is 15.0 Å². The summed E-state index contributed by atoms with van der Waals surface area (Å²) in [5.74, 6) is 0.700. The lowest BCUT2D eigenvalue weighted by Crippen LogP contribution is -2.32. The van der Waals surface area contributed by atoms with Crippen molar-refractivity contribution in [2.24, 2.45) is 5.92 Å². The van der Waals surface area contributed by atoms with E-state index in [1.165, 1.54) is 24.1 Å². The van der Waals surface area contributed by atoms with E-state index in [1.807, 2.05) is 0 Å². The fourth-order valence-corrected chi connectivity index (χ4v) is 2.78. The zero-order valence-corrected chi connectivity index (χ0v) is 13.8. The van der Waals surface area contributed by atoms with Crippen LogP contribution in [0.15, 0.2) is 24.3 Å².